The summed E-state index contributed by atoms with van der Waals surface area (Å²) in [6.07, 6.45) is 3.67. The van der Waals surface area contributed by atoms with Gasteiger partial charge in [-0.3, -0.25) is 0 Å². The zero-order valence-corrected chi connectivity index (χ0v) is 17.2. The van der Waals surface area contributed by atoms with Gasteiger partial charge in [0.25, 0.3) is 0 Å². The monoisotopic (exact) mass is 364 g/mol. The second-order valence-electron chi connectivity index (χ2n) is 8.05. The van der Waals surface area contributed by atoms with E-state index in [4.69, 9.17) is 20.5 Å². The zero-order valence-electron chi connectivity index (χ0n) is 17.2. The van der Waals surface area contributed by atoms with Gasteiger partial charge in [0.2, 0.25) is 0 Å². The van der Waals surface area contributed by atoms with E-state index in [1.54, 1.807) is 0 Å². The Morgan fingerprint density at radius 3 is 1.85 bits per heavy atom. The van der Waals surface area contributed by atoms with Crippen molar-refractivity contribution in [2.75, 3.05) is 0 Å². The predicted octanol–water partition coefficient (Wildman–Crippen LogP) is 3.80. The minimum atomic E-state index is 0.187. The number of aryl methyl sites for hydroxylation is 2. The van der Waals surface area contributed by atoms with Crippen molar-refractivity contribution in [3.8, 4) is 0 Å². The SMILES string of the molecule is Cc1cc(CC(N)CC(C)C)no1.Cc1cc(CC(N)CC(C)C)on1. The fraction of sp³-hybridized carbons (Fsp3) is 0.700. The quantitative estimate of drug-likeness (QED) is 0.738. The predicted molar refractivity (Wildman–Crippen MR) is 105 cm³/mol. The third kappa shape index (κ3) is 9.73. The van der Waals surface area contributed by atoms with Gasteiger partial charge < -0.3 is 20.5 Å². The van der Waals surface area contributed by atoms with E-state index >= 15 is 0 Å². The van der Waals surface area contributed by atoms with Crippen LogP contribution >= 0.6 is 0 Å². The number of nitrogens with two attached hydrogens (primary N) is 2. The summed E-state index contributed by atoms with van der Waals surface area (Å²) < 4.78 is 10.1. The summed E-state index contributed by atoms with van der Waals surface area (Å²) in [5, 5.41) is 7.73. The standard InChI is InChI=1S/2C10H18N2O/c1-7(2)4-9(11)6-10-5-8(3)13-12-10;1-7(2)4-9(11)6-10-5-8(3)12-13-10/h2*5,7,9H,4,6,11H2,1-3H3. The molecule has 148 valence electrons. The molecule has 0 fully saturated rings. The lowest BCUT2D eigenvalue weighted by molar-refractivity contribution is 0.361. The van der Waals surface area contributed by atoms with Crippen molar-refractivity contribution in [1.29, 1.82) is 0 Å². The molecule has 26 heavy (non-hydrogen) atoms. The number of hydrogen-bond donors (Lipinski definition) is 2. The second kappa shape index (κ2) is 11.1. The molecule has 2 rings (SSSR count). The van der Waals surface area contributed by atoms with E-state index in [0.29, 0.717) is 11.8 Å². The van der Waals surface area contributed by atoms with Crippen LogP contribution in [0.1, 0.15) is 63.4 Å². The van der Waals surface area contributed by atoms with Gasteiger partial charge in [-0.05, 0) is 38.5 Å². The topological polar surface area (TPSA) is 104 Å². The molecule has 0 aliphatic carbocycles. The zero-order chi connectivity index (χ0) is 19.7. The highest BCUT2D eigenvalue weighted by atomic mass is 16.5. The van der Waals surface area contributed by atoms with Gasteiger partial charge in [0.15, 0.2) is 0 Å². The summed E-state index contributed by atoms with van der Waals surface area (Å²) in [7, 11) is 0. The van der Waals surface area contributed by atoms with E-state index in [-0.39, 0.29) is 12.1 Å². The first kappa shape index (κ1) is 22.4. The molecule has 0 aliphatic heterocycles. The third-order valence-corrected chi connectivity index (χ3v) is 3.84. The molecule has 0 radical (unpaired) electrons. The average Bonchev–Trinajstić information content (AvgIpc) is 3.06. The lowest BCUT2D eigenvalue weighted by Crippen LogP contribution is -2.24. The highest BCUT2D eigenvalue weighted by Crippen LogP contribution is 2.10. The number of rotatable bonds is 8. The summed E-state index contributed by atoms with van der Waals surface area (Å²) in [6.45, 7) is 12.5. The van der Waals surface area contributed by atoms with Gasteiger partial charge in [0.1, 0.15) is 11.5 Å². The molecule has 6 nitrogen and oxygen atoms in total. The molecular formula is C20H36N4O2. The maximum absolute atomic E-state index is 5.93. The van der Waals surface area contributed by atoms with Crippen LogP contribution in [-0.2, 0) is 12.8 Å². The molecule has 0 saturated heterocycles. The summed E-state index contributed by atoms with van der Waals surface area (Å²) in [6, 6.07) is 4.28. The van der Waals surface area contributed by atoms with Crippen LogP contribution in [-0.4, -0.2) is 22.4 Å². The second-order valence-corrected chi connectivity index (χ2v) is 8.05. The largest absolute Gasteiger partial charge is 0.361 e. The van der Waals surface area contributed by atoms with Crippen LogP contribution in [0, 0.1) is 25.7 Å². The Labute approximate surface area is 157 Å². The number of nitrogens with zero attached hydrogens (tertiary/aromatic N) is 2. The first-order valence-corrected chi connectivity index (χ1v) is 9.51. The van der Waals surface area contributed by atoms with Crippen LogP contribution in [0.3, 0.4) is 0 Å². The Balaban J connectivity index is 0.000000260. The van der Waals surface area contributed by atoms with E-state index in [9.17, 15) is 0 Å². The molecule has 2 aromatic heterocycles. The summed E-state index contributed by atoms with van der Waals surface area (Å²) in [4.78, 5) is 0. The Kier molecular flexibility index (Phi) is 9.59. The smallest absolute Gasteiger partial charge is 0.138 e. The first-order valence-electron chi connectivity index (χ1n) is 9.51. The highest BCUT2D eigenvalue weighted by molar-refractivity contribution is 5.05. The van der Waals surface area contributed by atoms with Gasteiger partial charge in [0, 0.05) is 37.1 Å². The summed E-state index contributed by atoms with van der Waals surface area (Å²) in [5.74, 6) is 3.03. The molecule has 0 saturated carbocycles. The number of hydrogen-bond acceptors (Lipinski definition) is 6. The molecule has 2 aromatic rings. The molecule has 2 unspecified atom stereocenters. The van der Waals surface area contributed by atoms with Crippen LogP contribution in [0.25, 0.3) is 0 Å². The Morgan fingerprint density at radius 2 is 1.42 bits per heavy atom. The van der Waals surface area contributed by atoms with Crippen LogP contribution in [0.4, 0.5) is 0 Å². The maximum atomic E-state index is 5.93. The normalized spacial score (nSPS) is 13.6. The van der Waals surface area contributed by atoms with Crippen molar-refractivity contribution in [2.24, 2.45) is 23.3 Å². The third-order valence-electron chi connectivity index (χ3n) is 3.84. The highest BCUT2D eigenvalue weighted by Gasteiger charge is 2.10. The molecule has 0 aromatic carbocycles. The van der Waals surface area contributed by atoms with Gasteiger partial charge in [-0.15, -0.1) is 0 Å². The van der Waals surface area contributed by atoms with E-state index in [1.807, 2.05) is 26.0 Å². The molecule has 0 amide bonds. The lowest BCUT2D eigenvalue weighted by atomic mass is 10.0. The van der Waals surface area contributed by atoms with E-state index in [1.165, 1.54) is 0 Å². The van der Waals surface area contributed by atoms with Gasteiger partial charge in [-0.25, -0.2) is 0 Å². The summed E-state index contributed by atoms with van der Waals surface area (Å²) >= 11 is 0. The van der Waals surface area contributed by atoms with Crippen LogP contribution in [0.5, 0.6) is 0 Å². The molecular weight excluding hydrogens is 328 g/mol. The van der Waals surface area contributed by atoms with Crippen molar-refractivity contribution < 1.29 is 9.05 Å². The molecule has 2 atom stereocenters. The van der Waals surface area contributed by atoms with Gasteiger partial charge >= 0.3 is 0 Å². The molecule has 4 N–H and O–H groups in total. The minimum absolute atomic E-state index is 0.187. The number of aromatic nitrogens is 2. The molecule has 0 bridgehead atoms. The first-order chi connectivity index (χ1) is 12.2. The van der Waals surface area contributed by atoms with Crippen molar-refractivity contribution in [3.63, 3.8) is 0 Å². The van der Waals surface area contributed by atoms with Crippen LogP contribution in [0.15, 0.2) is 21.2 Å². The Bertz CT molecular complexity index is 565. The average molecular weight is 365 g/mol. The molecule has 2 heterocycles. The van der Waals surface area contributed by atoms with E-state index in [2.05, 4.69) is 38.0 Å². The van der Waals surface area contributed by atoms with Gasteiger partial charge in [0.05, 0.1) is 11.4 Å². The van der Waals surface area contributed by atoms with E-state index in [0.717, 1.165) is 48.6 Å². The lowest BCUT2D eigenvalue weighted by Gasteiger charge is -2.11. The maximum Gasteiger partial charge on any atom is 0.138 e. The van der Waals surface area contributed by atoms with Crippen LogP contribution < -0.4 is 11.5 Å². The van der Waals surface area contributed by atoms with Gasteiger partial charge in [-0.2, -0.15) is 0 Å². The van der Waals surface area contributed by atoms with Crippen molar-refractivity contribution in [1.82, 2.24) is 10.3 Å². The summed E-state index contributed by atoms with van der Waals surface area (Å²) in [5.41, 5.74) is 13.7. The van der Waals surface area contributed by atoms with Crippen molar-refractivity contribution >= 4 is 0 Å². The van der Waals surface area contributed by atoms with Gasteiger partial charge in [-0.1, -0.05) is 38.0 Å². The minimum Gasteiger partial charge on any atom is -0.361 e. The molecule has 0 spiro atoms. The van der Waals surface area contributed by atoms with E-state index < -0.39 is 0 Å². The van der Waals surface area contributed by atoms with Crippen LogP contribution in [0.2, 0.25) is 0 Å². The van der Waals surface area contributed by atoms with Crippen molar-refractivity contribution in [2.45, 2.75) is 79.3 Å². The fourth-order valence-corrected chi connectivity index (χ4v) is 2.93. The molecule has 0 aliphatic rings. The Hall–Kier alpha value is -1.66. The fourth-order valence-electron chi connectivity index (χ4n) is 2.93. The molecule has 6 heteroatoms. The Morgan fingerprint density at radius 1 is 0.846 bits per heavy atom. The van der Waals surface area contributed by atoms with Crippen molar-refractivity contribution in [3.05, 3.63) is 35.0 Å².